The van der Waals surface area contributed by atoms with Crippen LogP contribution in [0, 0.1) is 0 Å². The molecule has 0 radical (unpaired) electrons. The summed E-state index contributed by atoms with van der Waals surface area (Å²) in [4.78, 5) is 2.26. The molecule has 0 aliphatic carbocycles. The summed E-state index contributed by atoms with van der Waals surface area (Å²) in [6.45, 7) is 3.87. The summed E-state index contributed by atoms with van der Waals surface area (Å²) in [6, 6.07) is 14.1. The van der Waals surface area contributed by atoms with E-state index in [9.17, 15) is 0 Å². The number of nitrogens with one attached hydrogen (secondary N) is 1. The van der Waals surface area contributed by atoms with Crippen molar-refractivity contribution in [3.63, 3.8) is 0 Å². The number of hydrogen-bond acceptors (Lipinski definition) is 3. The Labute approximate surface area is 129 Å². The van der Waals surface area contributed by atoms with Gasteiger partial charge in [0.25, 0.3) is 0 Å². The van der Waals surface area contributed by atoms with E-state index in [1.807, 2.05) is 36.4 Å². The summed E-state index contributed by atoms with van der Waals surface area (Å²) >= 11 is 8.03. The van der Waals surface area contributed by atoms with Crippen LogP contribution in [0.3, 0.4) is 0 Å². The Bertz CT molecular complexity index is 557. The van der Waals surface area contributed by atoms with Gasteiger partial charge in [-0.1, -0.05) is 42.4 Å². The second-order valence-corrected chi connectivity index (χ2v) is 5.78. The van der Waals surface area contributed by atoms with Crippen LogP contribution in [0.5, 0.6) is 5.75 Å². The Morgan fingerprint density at radius 1 is 1.15 bits per heavy atom. The van der Waals surface area contributed by atoms with Crippen molar-refractivity contribution in [1.29, 1.82) is 0 Å². The van der Waals surface area contributed by atoms with Gasteiger partial charge in [-0.15, -0.1) is 0 Å². The number of methoxy groups -OCH3 is 1. The van der Waals surface area contributed by atoms with E-state index < -0.39 is 0 Å². The van der Waals surface area contributed by atoms with Gasteiger partial charge in [-0.05, 0) is 42.4 Å². The lowest BCUT2D eigenvalue weighted by molar-refractivity contribution is 0.414. The van der Waals surface area contributed by atoms with Gasteiger partial charge in [0.15, 0.2) is 0 Å². The maximum absolute atomic E-state index is 6.34. The van der Waals surface area contributed by atoms with E-state index in [1.165, 1.54) is 5.56 Å². The molecule has 2 rings (SSSR count). The summed E-state index contributed by atoms with van der Waals surface area (Å²) < 4.78 is 5.17. The maximum atomic E-state index is 6.34. The van der Waals surface area contributed by atoms with E-state index >= 15 is 0 Å². The van der Waals surface area contributed by atoms with Crippen molar-refractivity contribution in [3.8, 4) is 5.75 Å². The third kappa shape index (κ3) is 3.92. The predicted molar refractivity (Wildman–Crippen MR) is 85.9 cm³/mol. The van der Waals surface area contributed by atoms with E-state index in [0.717, 1.165) is 33.7 Å². The highest BCUT2D eigenvalue weighted by molar-refractivity contribution is 7.99. The number of hydrogen-bond donors (Lipinski definition) is 1. The fraction of sp³-hybridized carbons (Fsp3) is 0.250. The number of halogens is 1. The lowest BCUT2D eigenvalue weighted by Gasteiger charge is -2.11. The van der Waals surface area contributed by atoms with Crippen molar-refractivity contribution in [1.82, 2.24) is 5.32 Å². The molecule has 20 heavy (non-hydrogen) atoms. The van der Waals surface area contributed by atoms with Crippen LogP contribution in [0.15, 0.2) is 52.3 Å². The first-order chi connectivity index (χ1) is 9.74. The van der Waals surface area contributed by atoms with Crippen molar-refractivity contribution in [3.05, 3.63) is 53.1 Å². The van der Waals surface area contributed by atoms with Crippen molar-refractivity contribution < 1.29 is 4.74 Å². The second-order valence-electron chi connectivity index (χ2n) is 4.29. The number of benzene rings is 2. The summed E-state index contributed by atoms with van der Waals surface area (Å²) in [7, 11) is 1.67. The van der Waals surface area contributed by atoms with Gasteiger partial charge < -0.3 is 10.1 Å². The van der Waals surface area contributed by atoms with E-state index in [-0.39, 0.29) is 0 Å². The lowest BCUT2D eigenvalue weighted by atomic mass is 10.2. The Hall–Kier alpha value is -1.16. The Morgan fingerprint density at radius 3 is 2.55 bits per heavy atom. The first kappa shape index (κ1) is 15.2. The molecule has 2 nitrogen and oxygen atoms in total. The van der Waals surface area contributed by atoms with Crippen molar-refractivity contribution in [2.75, 3.05) is 13.7 Å². The highest BCUT2D eigenvalue weighted by Gasteiger charge is 2.08. The zero-order chi connectivity index (χ0) is 14.4. The molecule has 0 unspecified atom stereocenters. The predicted octanol–water partition coefficient (Wildman–Crippen LogP) is 4.61. The van der Waals surface area contributed by atoms with Crippen LogP contribution in [0.2, 0.25) is 5.02 Å². The topological polar surface area (TPSA) is 21.3 Å². The van der Waals surface area contributed by atoms with Gasteiger partial charge >= 0.3 is 0 Å². The SMILES string of the molecule is CCNCc1cccc(Cl)c1Sc1ccc(OC)cc1. The molecular formula is C16H18ClNOS. The molecule has 0 atom stereocenters. The minimum atomic E-state index is 0.793. The van der Waals surface area contributed by atoms with Crippen LogP contribution in [0.1, 0.15) is 12.5 Å². The summed E-state index contributed by atoms with van der Waals surface area (Å²) in [5, 5.41) is 4.14. The molecule has 106 valence electrons. The second kappa shape index (κ2) is 7.58. The zero-order valence-electron chi connectivity index (χ0n) is 11.7. The van der Waals surface area contributed by atoms with Gasteiger partial charge in [0, 0.05) is 16.3 Å². The first-order valence-corrected chi connectivity index (χ1v) is 7.74. The average Bonchev–Trinajstić information content (AvgIpc) is 2.48. The van der Waals surface area contributed by atoms with Gasteiger partial charge in [0.2, 0.25) is 0 Å². The van der Waals surface area contributed by atoms with Gasteiger partial charge in [-0.25, -0.2) is 0 Å². The van der Waals surface area contributed by atoms with Crippen LogP contribution in [0.4, 0.5) is 0 Å². The van der Waals surface area contributed by atoms with Crippen LogP contribution in [0.25, 0.3) is 0 Å². The monoisotopic (exact) mass is 307 g/mol. The highest BCUT2D eigenvalue weighted by Crippen LogP contribution is 2.36. The fourth-order valence-corrected chi connectivity index (χ4v) is 3.08. The molecular weight excluding hydrogens is 290 g/mol. The molecule has 4 heteroatoms. The molecule has 2 aromatic rings. The summed E-state index contributed by atoms with van der Waals surface area (Å²) in [5.74, 6) is 0.862. The van der Waals surface area contributed by atoms with Gasteiger partial charge in [0.05, 0.1) is 12.1 Å². The smallest absolute Gasteiger partial charge is 0.118 e. The minimum Gasteiger partial charge on any atom is -0.497 e. The third-order valence-electron chi connectivity index (χ3n) is 2.89. The molecule has 0 aliphatic rings. The minimum absolute atomic E-state index is 0.793. The molecule has 0 saturated heterocycles. The number of rotatable bonds is 6. The molecule has 0 bridgehead atoms. The third-order valence-corrected chi connectivity index (χ3v) is 4.51. The van der Waals surface area contributed by atoms with Crippen LogP contribution < -0.4 is 10.1 Å². The van der Waals surface area contributed by atoms with Crippen LogP contribution >= 0.6 is 23.4 Å². The zero-order valence-corrected chi connectivity index (χ0v) is 13.2. The maximum Gasteiger partial charge on any atom is 0.118 e. The normalized spacial score (nSPS) is 10.6. The van der Waals surface area contributed by atoms with E-state index in [0.29, 0.717) is 0 Å². The van der Waals surface area contributed by atoms with Gasteiger partial charge in [-0.3, -0.25) is 0 Å². The fourth-order valence-electron chi connectivity index (χ4n) is 1.83. The first-order valence-electron chi connectivity index (χ1n) is 6.54. The average molecular weight is 308 g/mol. The molecule has 0 aliphatic heterocycles. The molecule has 1 N–H and O–H groups in total. The molecule has 0 fully saturated rings. The highest BCUT2D eigenvalue weighted by atomic mass is 35.5. The Morgan fingerprint density at radius 2 is 1.90 bits per heavy atom. The summed E-state index contributed by atoms with van der Waals surface area (Å²) in [5.41, 5.74) is 1.22. The molecule has 0 spiro atoms. The standard InChI is InChI=1S/C16H18ClNOS/c1-3-18-11-12-5-4-6-15(17)16(12)20-14-9-7-13(19-2)8-10-14/h4-10,18H,3,11H2,1-2H3. The van der Waals surface area contributed by atoms with Gasteiger partial charge in [0.1, 0.15) is 5.75 Å². The quantitative estimate of drug-likeness (QED) is 0.842. The van der Waals surface area contributed by atoms with Crippen molar-refractivity contribution in [2.45, 2.75) is 23.3 Å². The molecule has 0 amide bonds. The molecule has 0 saturated carbocycles. The van der Waals surface area contributed by atoms with Crippen molar-refractivity contribution >= 4 is 23.4 Å². The van der Waals surface area contributed by atoms with Crippen LogP contribution in [-0.4, -0.2) is 13.7 Å². The Balaban J connectivity index is 2.22. The van der Waals surface area contributed by atoms with E-state index in [4.69, 9.17) is 16.3 Å². The van der Waals surface area contributed by atoms with Crippen LogP contribution in [-0.2, 0) is 6.54 Å². The molecule has 2 aromatic carbocycles. The van der Waals surface area contributed by atoms with Crippen molar-refractivity contribution in [2.24, 2.45) is 0 Å². The largest absolute Gasteiger partial charge is 0.497 e. The van der Waals surface area contributed by atoms with Gasteiger partial charge in [-0.2, -0.15) is 0 Å². The lowest BCUT2D eigenvalue weighted by Crippen LogP contribution is -2.12. The van der Waals surface area contributed by atoms with E-state index in [1.54, 1.807) is 18.9 Å². The number of ether oxygens (including phenoxy) is 1. The molecule has 0 aromatic heterocycles. The Kier molecular flexibility index (Phi) is 5.77. The van der Waals surface area contributed by atoms with E-state index in [2.05, 4.69) is 18.3 Å². The summed E-state index contributed by atoms with van der Waals surface area (Å²) in [6.07, 6.45) is 0. The molecule has 0 heterocycles.